The Kier molecular flexibility index (Phi) is 75.1. The fraction of sp³-hybridized carbons (Fsp3) is 1.00. The predicted octanol–water partition coefficient (Wildman–Crippen LogP) is -4.83. The van der Waals surface area contributed by atoms with Crippen LogP contribution in [0, 0.1) is 0 Å². The van der Waals surface area contributed by atoms with Crippen molar-refractivity contribution in [2.24, 2.45) is 0 Å². The SMILES string of the molecule is [CH3][Zr+2][CH3].[F-].[F-]. The molecule has 0 aliphatic rings. The molecule has 0 nitrogen and oxygen atoms in total. The first kappa shape index (κ1) is 17.2. The molecule has 0 unspecified atom stereocenters. The van der Waals surface area contributed by atoms with Crippen LogP contribution in [0.15, 0.2) is 0 Å². The van der Waals surface area contributed by atoms with Crippen LogP contribution in [0.5, 0.6) is 0 Å². The molecule has 0 radical (unpaired) electrons. The van der Waals surface area contributed by atoms with Crippen LogP contribution < -0.4 is 9.41 Å². The van der Waals surface area contributed by atoms with Crippen LogP contribution >= 0.6 is 0 Å². The second kappa shape index (κ2) is 21.9. The molecule has 0 amide bonds. The Hall–Kier alpha value is 0.743. The quantitative estimate of drug-likeness (QED) is 0.333. The van der Waals surface area contributed by atoms with Gasteiger partial charge in [-0.25, -0.2) is 0 Å². The summed E-state index contributed by atoms with van der Waals surface area (Å²) in [5, 5.41) is 0. The largest absolute Gasteiger partial charge is 1.00 e. The van der Waals surface area contributed by atoms with Gasteiger partial charge in [-0.15, -0.1) is 0 Å². The van der Waals surface area contributed by atoms with E-state index in [0.29, 0.717) is 0 Å². The Balaban J connectivity index is -0.0000000200. The fourth-order valence-corrected chi connectivity index (χ4v) is 0. The summed E-state index contributed by atoms with van der Waals surface area (Å²) >= 11 is 0.230. The first-order chi connectivity index (χ1) is 1.41. The number of halogens is 2. The summed E-state index contributed by atoms with van der Waals surface area (Å²) in [5.41, 5.74) is 0. The van der Waals surface area contributed by atoms with Crippen molar-refractivity contribution in [2.45, 2.75) is 9.26 Å². The van der Waals surface area contributed by atoms with Crippen LogP contribution in [-0.4, -0.2) is 0 Å². The van der Waals surface area contributed by atoms with Gasteiger partial charge in [0.25, 0.3) is 0 Å². The minimum atomic E-state index is 0. The molecule has 0 aliphatic carbocycles. The second-order valence-electron chi connectivity index (χ2n) is 0.500. The molecule has 0 saturated carbocycles. The monoisotopic (exact) mass is 158 g/mol. The predicted molar refractivity (Wildman–Crippen MR) is 11.7 cm³/mol. The molecule has 0 aromatic carbocycles. The molecule has 0 aromatic heterocycles. The Bertz CT molecular complexity index is 7.61. The van der Waals surface area contributed by atoms with Gasteiger partial charge in [-0.05, 0) is 0 Å². The number of hydrogen-bond donors (Lipinski definition) is 0. The van der Waals surface area contributed by atoms with Gasteiger partial charge in [-0.1, -0.05) is 0 Å². The summed E-state index contributed by atoms with van der Waals surface area (Å²) in [5.74, 6) is 0. The summed E-state index contributed by atoms with van der Waals surface area (Å²) in [6, 6.07) is 0. The molecule has 0 saturated heterocycles. The molecule has 32 valence electrons. The van der Waals surface area contributed by atoms with Crippen molar-refractivity contribution in [2.75, 3.05) is 0 Å². The Labute approximate surface area is 42.3 Å². The van der Waals surface area contributed by atoms with Gasteiger partial charge < -0.3 is 9.41 Å². The van der Waals surface area contributed by atoms with Crippen LogP contribution in [0.25, 0.3) is 0 Å². The van der Waals surface area contributed by atoms with Crippen LogP contribution in [0.4, 0.5) is 0 Å². The summed E-state index contributed by atoms with van der Waals surface area (Å²) < 4.78 is 4.59. The molecule has 0 rings (SSSR count). The van der Waals surface area contributed by atoms with Gasteiger partial charge >= 0.3 is 32.5 Å². The standard InChI is InChI=1S/2CH3.2FH.Zr/h2*1H3;2*1H;/q;;;;+2/p-2. The summed E-state index contributed by atoms with van der Waals surface area (Å²) in [6.45, 7) is 0. The number of rotatable bonds is 0. The molecule has 0 heterocycles. The molecular formula is C2H6F2Zr. The topological polar surface area (TPSA) is 0 Å². The smallest absolute Gasteiger partial charge is 1.00 e. The van der Waals surface area contributed by atoms with Gasteiger partial charge in [0.05, 0.1) is 0 Å². The maximum atomic E-state index is 2.30. The average molecular weight is 159 g/mol. The van der Waals surface area contributed by atoms with E-state index < -0.39 is 0 Å². The zero-order valence-electron chi connectivity index (χ0n) is 3.26. The van der Waals surface area contributed by atoms with Crippen molar-refractivity contribution in [3.8, 4) is 0 Å². The van der Waals surface area contributed by atoms with E-state index in [1.165, 1.54) is 0 Å². The molecule has 0 spiro atoms. The van der Waals surface area contributed by atoms with E-state index in [1.807, 2.05) is 0 Å². The van der Waals surface area contributed by atoms with Gasteiger partial charge in [-0.3, -0.25) is 0 Å². The summed E-state index contributed by atoms with van der Waals surface area (Å²) in [4.78, 5) is 0. The second-order valence-corrected chi connectivity index (χ2v) is 2.96. The van der Waals surface area contributed by atoms with E-state index in [4.69, 9.17) is 0 Å². The molecule has 0 N–H and O–H groups in total. The maximum Gasteiger partial charge on any atom is -1.00 e. The zero-order chi connectivity index (χ0) is 2.71. The fourth-order valence-electron chi connectivity index (χ4n) is 0. The van der Waals surface area contributed by atoms with E-state index in [1.54, 1.807) is 0 Å². The van der Waals surface area contributed by atoms with Crippen LogP contribution in [0.1, 0.15) is 0 Å². The van der Waals surface area contributed by atoms with Crippen molar-refractivity contribution in [3.63, 3.8) is 0 Å². The van der Waals surface area contributed by atoms with E-state index in [9.17, 15) is 0 Å². The van der Waals surface area contributed by atoms with Crippen molar-refractivity contribution in [1.82, 2.24) is 0 Å². The van der Waals surface area contributed by atoms with E-state index in [0.717, 1.165) is 0 Å². The van der Waals surface area contributed by atoms with Crippen LogP contribution in [-0.2, 0) is 23.2 Å². The Morgan fingerprint density at radius 2 is 1.00 bits per heavy atom. The normalized spacial score (nSPS) is 2.00. The third-order valence-electron chi connectivity index (χ3n) is 0. The maximum absolute atomic E-state index is 2.30. The molecule has 3 heteroatoms. The van der Waals surface area contributed by atoms with E-state index >= 15 is 0 Å². The minimum absolute atomic E-state index is 0. The van der Waals surface area contributed by atoms with Gasteiger partial charge in [0.15, 0.2) is 0 Å². The molecule has 0 bridgehead atoms. The first-order valence-electron chi connectivity index (χ1n) is 1.00. The molecule has 0 fully saturated rings. The van der Waals surface area contributed by atoms with Crippen molar-refractivity contribution >= 4 is 0 Å². The molecule has 0 aromatic rings. The van der Waals surface area contributed by atoms with Gasteiger partial charge in [0, 0.05) is 0 Å². The zero-order valence-corrected chi connectivity index (χ0v) is 5.71. The summed E-state index contributed by atoms with van der Waals surface area (Å²) in [6.07, 6.45) is 0. The van der Waals surface area contributed by atoms with Crippen molar-refractivity contribution in [1.29, 1.82) is 0 Å². The van der Waals surface area contributed by atoms with Gasteiger partial charge in [0.2, 0.25) is 0 Å². The van der Waals surface area contributed by atoms with E-state index in [-0.39, 0.29) is 32.6 Å². The Morgan fingerprint density at radius 1 is 1.00 bits per heavy atom. The van der Waals surface area contributed by atoms with Crippen molar-refractivity contribution < 1.29 is 32.6 Å². The van der Waals surface area contributed by atoms with Crippen LogP contribution in [0.2, 0.25) is 9.26 Å². The molecular weight excluding hydrogens is 153 g/mol. The third-order valence-corrected chi connectivity index (χ3v) is 0. The van der Waals surface area contributed by atoms with Crippen LogP contribution in [0.3, 0.4) is 0 Å². The van der Waals surface area contributed by atoms with Gasteiger partial charge in [0.1, 0.15) is 0 Å². The summed E-state index contributed by atoms with van der Waals surface area (Å²) in [7, 11) is 0. The average Bonchev–Trinajstić information content (AvgIpc) is 0.918. The molecule has 5 heavy (non-hydrogen) atoms. The first-order valence-corrected chi connectivity index (χ1v) is 5.92. The van der Waals surface area contributed by atoms with E-state index in [2.05, 4.69) is 9.26 Å². The molecule has 0 atom stereocenters. The van der Waals surface area contributed by atoms with Gasteiger partial charge in [-0.2, -0.15) is 0 Å². The third kappa shape index (κ3) is 64.6. The minimum Gasteiger partial charge on any atom is -1.00 e. The number of hydrogen-bond acceptors (Lipinski definition) is 0. The molecule has 0 aliphatic heterocycles. The Morgan fingerprint density at radius 3 is 1.00 bits per heavy atom. The van der Waals surface area contributed by atoms with Crippen molar-refractivity contribution in [3.05, 3.63) is 0 Å².